The zero-order chi connectivity index (χ0) is 48.5. The van der Waals surface area contributed by atoms with E-state index in [0.717, 1.165) is 0 Å². The number of hydrogen-bond donors (Lipinski definition) is 0. The molecule has 4 radical (unpaired) electrons. The van der Waals surface area contributed by atoms with Crippen molar-refractivity contribution in [2.75, 3.05) is 0 Å². The molecule has 0 fully saturated rings. The van der Waals surface area contributed by atoms with E-state index >= 15 is 0 Å². The molecule has 0 N–H and O–H groups in total. The molecule has 0 spiro atoms. The Morgan fingerprint density at radius 2 is 0.902 bits per heavy atom. The normalized spacial score (nSPS) is 23.3. The van der Waals surface area contributed by atoms with E-state index in [0.29, 0.717) is 0 Å². The summed E-state index contributed by atoms with van der Waals surface area (Å²) in [6.45, 7) is 13.0. The van der Waals surface area contributed by atoms with Crippen molar-refractivity contribution in [3.05, 3.63) is 203 Å². The lowest BCUT2D eigenvalue weighted by Gasteiger charge is -2.34. The van der Waals surface area contributed by atoms with Crippen molar-refractivity contribution in [1.29, 1.82) is 0 Å². The van der Waals surface area contributed by atoms with Gasteiger partial charge >= 0.3 is 0 Å². The number of benzene rings is 6. The second-order valence-corrected chi connectivity index (χ2v) is 9.50. The summed E-state index contributed by atoms with van der Waals surface area (Å²) < 4.78 is 214. The van der Waals surface area contributed by atoms with Crippen molar-refractivity contribution in [3.63, 3.8) is 0 Å². The van der Waals surface area contributed by atoms with Gasteiger partial charge in [-0.3, -0.25) is 0 Å². The van der Waals surface area contributed by atoms with Crippen LogP contribution in [0.25, 0.3) is 22.3 Å². The standard InChI is InChI=1S/C41H28/c1-40(2)36-17-9-6-14-32(36)35-25-22-29(27-39(35)40)26-28-20-23-31(24-21-28)41(30-12-4-3-5-13-30)37-18-10-7-15-33(37)34-16-8-11-19-38(34)41/h1-25,27H,26H2/i3D,4D,5D,6D,7D,8D,9D,10D,11D,12D,13D,14D,15D,16D,17D,18D,19D,20D,21D,22D,23D,24D,25D,27D. The lowest BCUT2D eigenvalue weighted by molar-refractivity contribution is 0.767. The Kier molecular flexibility index (Phi) is 2.17. The monoisotopic (exact) mass is 544 g/mol. The second-order valence-electron chi connectivity index (χ2n) is 9.50. The molecular formula is C41H28. The molecule has 6 aromatic carbocycles. The summed E-state index contributed by atoms with van der Waals surface area (Å²) in [5.41, 5.74) is -12.5. The largest absolute Gasteiger partial charge is 0.0713 e. The molecule has 0 heterocycles. The molecule has 0 saturated heterocycles. The molecular weight excluding hydrogens is 492 g/mol. The van der Waals surface area contributed by atoms with Gasteiger partial charge in [-0.1, -0.05) is 145 Å². The van der Waals surface area contributed by atoms with Crippen LogP contribution in [0.2, 0.25) is 0 Å². The maximum Gasteiger partial charge on any atom is 0.0713 e. The summed E-state index contributed by atoms with van der Waals surface area (Å²) in [5, 5.41) is 0. The summed E-state index contributed by atoms with van der Waals surface area (Å²) in [6, 6.07) is -21.7. The van der Waals surface area contributed by atoms with Crippen molar-refractivity contribution in [2.45, 2.75) is 17.3 Å². The van der Waals surface area contributed by atoms with Crippen LogP contribution in [-0.4, -0.2) is 0 Å². The predicted molar refractivity (Wildman–Crippen MR) is 168 cm³/mol. The third kappa shape index (κ3) is 3.40. The van der Waals surface area contributed by atoms with Gasteiger partial charge in [-0.2, -0.15) is 0 Å². The number of fused-ring (bicyclic) bond motifs is 6. The Labute approximate surface area is 276 Å². The summed E-state index contributed by atoms with van der Waals surface area (Å²) in [5.74, 6) is 0. The highest BCUT2D eigenvalue weighted by atomic mass is 14.5. The predicted octanol–water partition coefficient (Wildman–Crippen LogP) is 9.33. The highest BCUT2D eigenvalue weighted by molar-refractivity contribution is 5.86. The second kappa shape index (κ2) is 8.91. The summed E-state index contributed by atoms with van der Waals surface area (Å²) in [4.78, 5) is 0. The van der Waals surface area contributed by atoms with Gasteiger partial charge in [-0.15, -0.1) is 0 Å². The summed E-state index contributed by atoms with van der Waals surface area (Å²) in [6.07, 6.45) is -0.859. The average molecular weight is 545 g/mol. The van der Waals surface area contributed by atoms with Gasteiger partial charge < -0.3 is 0 Å². The van der Waals surface area contributed by atoms with Gasteiger partial charge in [-0.25, -0.2) is 0 Å². The molecule has 0 atom stereocenters. The smallest absolute Gasteiger partial charge is 0.0622 e. The lowest BCUT2D eigenvalue weighted by atomic mass is 9.67. The zero-order valence-corrected chi connectivity index (χ0v) is 20.9. The van der Waals surface area contributed by atoms with Crippen LogP contribution < -0.4 is 0 Å². The fraction of sp³-hybridized carbons (Fsp3) is 0.0732. The van der Waals surface area contributed by atoms with Crippen molar-refractivity contribution in [1.82, 2.24) is 0 Å². The molecule has 2 aliphatic carbocycles. The van der Waals surface area contributed by atoms with Crippen molar-refractivity contribution >= 4 is 0 Å². The minimum absolute atomic E-state index is 0.311. The third-order valence-electron chi connectivity index (χ3n) is 7.28. The molecule has 0 saturated carbocycles. The highest BCUT2D eigenvalue weighted by Crippen LogP contribution is 2.56. The van der Waals surface area contributed by atoms with E-state index in [2.05, 4.69) is 0 Å². The first-order valence-corrected chi connectivity index (χ1v) is 12.3. The fourth-order valence-corrected chi connectivity index (χ4v) is 5.51. The van der Waals surface area contributed by atoms with Crippen molar-refractivity contribution in [2.24, 2.45) is 0 Å². The molecule has 6 aromatic rings. The maximum atomic E-state index is 9.63. The van der Waals surface area contributed by atoms with Gasteiger partial charge in [0.1, 0.15) is 0 Å². The van der Waals surface area contributed by atoms with Gasteiger partial charge in [0.2, 0.25) is 0 Å². The Bertz CT molecular complexity index is 3130. The van der Waals surface area contributed by atoms with Gasteiger partial charge in [0.15, 0.2) is 0 Å². The van der Waals surface area contributed by atoms with Crippen molar-refractivity contribution < 1.29 is 32.9 Å². The minimum atomic E-state index is -3.05. The van der Waals surface area contributed by atoms with E-state index in [1.54, 1.807) is 0 Å². The molecule has 2 aliphatic rings. The minimum Gasteiger partial charge on any atom is -0.0622 e. The van der Waals surface area contributed by atoms with E-state index in [9.17, 15) is 12.3 Å². The van der Waals surface area contributed by atoms with Crippen molar-refractivity contribution in [3.8, 4) is 22.3 Å². The summed E-state index contributed by atoms with van der Waals surface area (Å²) >= 11 is 0. The Hall–Kier alpha value is -4.68. The molecule has 0 aromatic heterocycles. The molecule has 0 heteroatoms. The van der Waals surface area contributed by atoms with Gasteiger partial charge in [0.25, 0.3) is 0 Å². The number of rotatable bonds is 4. The Morgan fingerprint density at radius 3 is 1.54 bits per heavy atom. The average Bonchev–Trinajstić information content (AvgIpc) is 3.71. The van der Waals surface area contributed by atoms with E-state index in [1.807, 2.05) is 0 Å². The molecule has 192 valence electrons. The first-order chi connectivity index (χ1) is 30.1. The lowest BCUT2D eigenvalue weighted by Crippen LogP contribution is -2.28. The van der Waals surface area contributed by atoms with Gasteiger partial charge in [0, 0.05) is 5.41 Å². The topological polar surface area (TPSA) is 0 Å². The quantitative estimate of drug-likeness (QED) is 0.207. The maximum absolute atomic E-state index is 9.63. The van der Waals surface area contributed by atoms with Gasteiger partial charge in [-0.05, 0) is 87.0 Å². The van der Waals surface area contributed by atoms with Crippen LogP contribution in [0.3, 0.4) is 0 Å². The van der Waals surface area contributed by atoms with E-state index in [-0.39, 0.29) is 16.7 Å². The van der Waals surface area contributed by atoms with E-state index in [4.69, 9.17) is 34.4 Å². The Balaban J connectivity index is 1.53. The number of hydrogen-bond acceptors (Lipinski definition) is 0. The summed E-state index contributed by atoms with van der Waals surface area (Å²) in [7, 11) is 0. The van der Waals surface area contributed by atoms with Crippen LogP contribution >= 0.6 is 0 Å². The first kappa shape index (κ1) is 10.00. The van der Waals surface area contributed by atoms with Crippen LogP contribution in [-0.2, 0) is 17.3 Å². The van der Waals surface area contributed by atoms with Crippen LogP contribution in [0.15, 0.2) is 145 Å². The van der Waals surface area contributed by atoms with Crippen LogP contribution in [0, 0.1) is 13.8 Å². The first-order valence-electron chi connectivity index (χ1n) is 24.3. The van der Waals surface area contributed by atoms with Crippen LogP contribution in [0.1, 0.15) is 77.4 Å². The zero-order valence-electron chi connectivity index (χ0n) is 44.9. The van der Waals surface area contributed by atoms with Crippen LogP contribution in [0.4, 0.5) is 0 Å². The van der Waals surface area contributed by atoms with Crippen LogP contribution in [0.5, 0.6) is 0 Å². The van der Waals surface area contributed by atoms with E-state index in [1.165, 1.54) is 0 Å². The fourth-order valence-electron chi connectivity index (χ4n) is 5.51. The molecule has 41 heavy (non-hydrogen) atoms. The molecule has 8 rings (SSSR count). The molecule has 0 aliphatic heterocycles. The molecule has 0 unspecified atom stereocenters. The van der Waals surface area contributed by atoms with E-state index < -0.39 is 212 Å². The van der Waals surface area contributed by atoms with Gasteiger partial charge in [0.05, 0.1) is 38.3 Å². The molecule has 0 bridgehead atoms. The third-order valence-corrected chi connectivity index (χ3v) is 7.28. The molecule has 0 nitrogen and oxygen atoms in total. The SMILES string of the molecule is [2H]c1c([2H])c([2H])c(C2(c3c([2H])c([2H])c(Cc4c([2H])c([2H])c5c(c4[2H])C([CH])([CH])c4c([2H])c([2H])c([2H])c([2H])c4-5)c([2H])c3[2H])c3c([2H])c([2H])c([2H])c([2H])c3-c3c([2H])c([2H])c([2H])c([2H])c32)c([2H])c1[2H]. The molecule has 0 amide bonds. The Morgan fingerprint density at radius 1 is 0.439 bits per heavy atom. The highest BCUT2D eigenvalue weighted by Gasteiger charge is 2.45.